The quantitative estimate of drug-likeness (QED) is 0.387. The van der Waals surface area contributed by atoms with Gasteiger partial charge in [-0.1, -0.05) is 18.2 Å². The number of benzene rings is 1. The summed E-state index contributed by atoms with van der Waals surface area (Å²) in [5.41, 5.74) is 13.0. The minimum atomic E-state index is -0.968. The first kappa shape index (κ1) is 14.7. The lowest BCUT2D eigenvalue weighted by Gasteiger charge is -2.15. The molecular weight excluding hydrogens is 270 g/mol. The van der Waals surface area contributed by atoms with Crippen molar-refractivity contribution in [1.82, 2.24) is 0 Å². The molecule has 1 aromatic carbocycles. The first-order valence-corrected chi connectivity index (χ1v) is 6.57. The molecule has 7 heteroatoms. The molecule has 1 aromatic rings. The van der Waals surface area contributed by atoms with Gasteiger partial charge < -0.3 is 16.6 Å². The predicted molar refractivity (Wildman–Crippen MR) is 82.5 cm³/mol. The molecule has 7 nitrogen and oxygen atoms in total. The Labute approximate surface area is 122 Å². The third kappa shape index (κ3) is 3.88. The van der Waals surface area contributed by atoms with E-state index >= 15 is 0 Å². The topological polar surface area (TPSA) is 126 Å². The van der Waals surface area contributed by atoms with Crippen molar-refractivity contribution in [2.75, 3.05) is 6.54 Å². The van der Waals surface area contributed by atoms with E-state index in [2.05, 4.69) is 15.0 Å². The lowest BCUT2D eigenvalue weighted by molar-refractivity contribution is -0.138. The van der Waals surface area contributed by atoms with Gasteiger partial charge in [0.05, 0.1) is 11.4 Å². The second-order valence-corrected chi connectivity index (χ2v) is 4.60. The van der Waals surface area contributed by atoms with Crippen LogP contribution in [0.5, 0.6) is 0 Å². The Morgan fingerprint density at radius 3 is 2.81 bits per heavy atom. The monoisotopic (exact) mass is 287 g/mol. The van der Waals surface area contributed by atoms with Gasteiger partial charge in [0.2, 0.25) is 0 Å². The highest BCUT2D eigenvalue weighted by Gasteiger charge is 2.18. The van der Waals surface area contributed by atoms with Gasteiger partial charge in [0, 0.05) is 18.3 Å². The number of rotatable bonds is 7. The van der Waals surface area contributed by atoms with Crippen LogP contribution in [0.1, 0.15) is 18.4 Å². The number of guanidine groups is 1. The van der Waals surface area contributed by atoms with Gasteiger partial charge in [-0.25, -0.2) is 9.79 Å². The van der Waals surface area contributed by atoms with Gasteiger partial charge in [-0.05, 0) is 18.9 Å². The highest BCUT2D eigenvalue weighted by atomic mass is 16.4. The van der Waals surface area contributed by atoms with Crippen LogP contribution in [0.4, 0.5) is 5.69 Å². The van der Waals surface area contributed by atoms with E-state index in [1.807, 2.05) is 24.3 Å². The van der Waals surface area contributed by atoms with Crippen molar-refractivity contribution >= 4 is 29.5 Å². The average Bonchev–Trinajstić information content (AvgIpc) is 2.41. The summed E-state index contributed by atoms with van der Waals surface area (Å²) in [7, 11) is 0. The van der Waals surface area contributed by atoms with Crippen molar-refractivity contribution in [3.05, 3.63) is 29.8 Å². The van der Waals surface area contributed by atoms with E-state index in [0.717, 1.165) is 11.3 Å². The molecule has 5 N–H and O–H groups in total. The zero-order valence-electron chi connectivity index (χ0n) is 11.4. The molecule has 0 bridgehead atoms. The number of fused-ring (bicyclic) bond motifs is 1. The molecule has 0 spiro atoms. The summed E-state index contributed by atoms with van der Waals surface area (Å²) in [6.07, 6.45) is 2.44. The molecule has 0 aromatic heterocycles. The molecule has 2 rings (SSSR count). The number of nitrogens with two attached hydrogens (primary N) is 2. The maximum Gasteiger partial charge on any atom is 0.328 e. The van der Waals surface area contributed by atoms with Crippen LogP contribution in [0.2, 0.25) is 0 Å². The lowest BCUT2D eigenvalue weighted by atomic mass is 10.0. The molecule has 0 saturated carbocycles. The molecule has 1 aliphatic rings. The minimum absolute atomic E-state index is 0.00538. The van der Waals surface area contributed by atoms with Crippen molar-refractivity contribution < 1.29 is 9.90 Å². The number of carboxylic acids is 1. The Morgan fingerprint density at radius 2 is 2.14 bits per heavy atom. The minimum Gasteiger partial charge on any atom is -0.480 e. The fraction of sp³-hybridized carbons (Fsp3) is 0.286. The second-order valence-electron chi connectivity index (χ2n) is 4.60. The van der Waals surface area contributed by atoms with Crippen molar-refractivity contribution in [2.24, 2.45) is 26.4 Å². The third-order valence-corrected chi connectivity index (χ3v) is 3.01. The van der Waals surface area contributed by atoms with E-state index in [-0.39, 0.29) is 5.96 Å². The molecule has 1 atom stereocenters. The molecule has 1 aliphatic heterocycles. The zero-order chi connectivity index (χ0) is 15.2. The zero-order valence-corrected chi connectivity index (χ0v) is 11.4. The van der Waals surface area contributed by atoms with Crippen molar-refractivity contribution in [3.8, 4) is 0 Å². The molecule has 21 heavy (non-hydrogen) atoms. The first-order chi connectivity index (χ1) is 10.1. The molecule has 0 radical (unpaired) electrons. The fourth-order valence-electron chi connectivity index (χ4n) is 1.94. The standard InChI is InChI=1S/C14H17N5O2/c15-14(16)17-7-3-6-11(13(20)21)18-8-12-9-4-1-2-5-10(9)19-12/h1-2,4-5,8,11H,3,6-7H2,(H,20,21)(H4,15,16,17)/t11-/m0/s1. The van der Waals surface area contributed by atoms with Gasteiger partial charge in [-0.2, -0.15) is 0 Å². The van der Waals surface area contributed by atoms with Gasteiger partial charge in [0.25, 0.3) is 0 Å². The Kier molecular flexibility index (Phi) is 4.65. The fourth-order valence-corrected chi connectivity index (χ4v) is 1.94. The van der Waals surface area contributed by atoms with Crippen LogP contribution in [0, 0.1) is 0 Å². The van der Waals surface area contributed by atoms with Crippen molar-refractivity contribution in [1.29, 1.82) is 0 Å². The normalized spacial score (nSPS) is 14.0. The van der Waals surface area contributed by atoms with Crippen LogP contribution < -0.4 is 11.5 Å². The molecule has 0 fully saturated rings. The number of para-hydroxylation sites is 1. The Bertz CT molecular complexity index is 618. The number of aliphatic carboxylic acids is 1. The van der Waals surface area contributed by atoms with E-state index in [1.165, 1.54) is 6.21 Å². The third-order valence-electron chi connectivity index (χ3n) is 3.01. The van der Waals surface area contributed by atoms with Gasteiger partial charge >= 0.3 is 5.97 Å². The summed E-state index contributed by atoms with van der Waals surface area (Å²) in [5.74, 6) is -0.963. The van der Waals surface area contributed by atoms with Gasteiger partial charge in [-0.15, -0.1) is 0 Å². The van der Waals surface area contributed by atoms with Crippen LogP contribution in [-0.4, -0.2) is 41.5 Å². The van der Waals surface area contributed by atoms with Crippen molar-refractivity contribution in [3.63, 3.8) is 0 Å². The van der Waals surface area contributed by atoms with Crippen LogP contribution in [0.15, 0.2) is 39.2 Å². The maximum absolute atomic E-state index is 11.2. The second kappa shape index (κ2) is 6.65. The summed E-state index contributed by atoms with van der Waals surface area (Å²) in [6, 6.07) is 6.83. The molecule has 0 aliphatic carbocycles. The van der Waals surface area contributed by atoms with E-state index in [1.54, 1.807) is 0 Å². The summed E-state index contributed by atoms with van der Waals surface area (Å²) in [6.45, 7) is 0.394. The number of aliphatic imine (C=N–C) groups is 3. The SMILES string of the molecule is NC(N)=NCCC[C@H](N=CC1=Nc2ccccc21)C(=O)O. The summed E-state index contributed by atoms with van der Waals surface area (Å²) in [4.78, 5) is 23.3. The van der Waals surface area contributed by atoms with Crippen LogP contribution in [0.3, 0.4) is 0 Å². The Hall–Kier alpha value is -2.70. The number of carbonyl (C=O) groups is 1. The number of hydrogen-bond acceptors (Lipinski definition) is 4. The molecule has 0 saturated heterocycles. The number of hydrogen-bond donors (Lipinski definition) is 3. The molecular formula is C14H17N5O2. The van der Waals surface area contributed by atoms with Crippen LogP contribution >= 0.6 is 0 Å². The molecule has 1 heterocycles. The van der Waals surface area contributed by atoms with Crippen LogP contribution in [-0.2, 0) is 4.79 Å². The highest BCUT2D eigenvalue weighted by molar-refractivity contribution is 6.43. The highest BCUT2D eigenvalue weighted by Crippen LogP contribution is 2.28. The smallest absolute Gasteiger partial charge is 0.328 e. The largest absolute Gasteiger partial charge is 0.480 e. The van der Waals surface area contributed by atoms with Gasteiger partial charge in [0.15, 0.2) is 5.96 Å². The molecule has 110 valence electrons. The van der Waals surface area contributed by atoms with Gasteiger partial charge in [0.1, 0.15) is 6.04 Å². The van der Waals surface area contributed by atoms with E-state index in [0.29, 0.717) is 25.1 Å². The predicted octanol–water partition coefficient (Wildman–Crippen LogP) is 0.698. The molecule has 0 amide bonds. The summed E-state index contributed by atoms with van der Waals surface area (Å²) >= 11 is 0. The number of carboxylic acid groups (broad SMARTS) is 1. The Morgan fingerprint density at radius 1 is 1.38 bits per heavy atom. The lowest BCUT2D eigenvalue weighted by Crippen LogP contribution is -2.23. The average molecular weight is 287 g/mol. The summed E-state index contributed by atoms with van der Waals surface area (Å²) in [5, 5.41) is 9.14. The van der Waals surface area contributed by atoms with Crippen LogP contribution in [0.25, 0.3) is 0 Å². The first-order valence-electron chi connectivity index (χ1n) is 6.57. The Balaban J connectivity index is 1.90. The van der Waals surface area contributed by atoms with E-state index in [9.17, 15) is 4.79 Å². The van der Waals surface area contributed by atoms with E-state index in [4.69, 9.17) is 16.6 Å². The molecule has 0 unspecified atom stereocenters. The van der Waals surface area contributed by atoms with Gasteiger partial charge in [-0.3, -0.25) is 9.98 Å². The van der Waals surface area contributed by atoms with E-state index < -0.39 is 12.0 Å². The maximum atomic E-state index is 11.2. The summed E-state index contributed by atoms with van der Waals surface area (Å²) < 4.78 is 0. The number of nitrogens with zero attached hydrogens (tertiary/aromatic N) is 3. The van der Waals surface area contributed by atoms with Crippen molar-refractivity contribution in [2.45, 2.75) is 18.9 Å².